The van der Waals surface area contributed by atoms with Crippen molar-refractivity contribution in [2.24, 2.45) is 7.05 Å². The summed E-state index contributed by atoms with van der Waals surface area (Å²) in [6.07, 6.45) is 5.55. The molecule has 0 aliphatic carbocycles. The van der Waals surface area contributed by atoms with Gasteiger partial charge in [0.25, 0.3) is 0 Å². The van der Waals surface area contributed by atoms with Gasteiger partial charge in [0, 0.05) is 26.0 Å². The molecular weight excluding hydrogens is 404 g/mol. The lowest BCUT2D eigenvalue weighted by atomic mass is 10.0. The average Bonchev–Trinajstić information content (AvgIpc) is 3.48. The largest absolute Gasteiger partial charge is 0.497 e. The summed E-state index contributed by atoms with van der Waals surface area (Å²) < 4.78 is 12.8. The van der Waals surface area contributed by atoms with Crippen molar-refractivity contribution >= 4 is 6.03 Å². The molecule has 0 radical (unpaired) electrons. The minimum atomic E-state index is -0.366. The monoisotopic (exact) mass is 434 g/mol. The third-order valence-electron chi connectivity index (χ3n) is 5.92. The molecule has 1 saturated heterocycles. The van der Waals surface area contributed by atoms with Gasteiger partial charge in [0.1, 0.15) is 23.4 Å². The van der Waals surface area contributed by atoms with Crippen LogP contribution in [-0.2, 0) is 7.05 Å². The first-order valence-electron chi connectivity index (χ1n) is 11.0. The number of nitrogens with one attached hydrogen (secondary N) is 1. The Morgan fingerprint density at radius 2 is 1.88 bits per heavy atom. The third kappa shape index (κ3) is 4.56. The van der Waals surface area contributed by atoms with E-state index in [1.54, 1.807) is 13.3 Å². The SMILES string of the molecule is CCOc1ccc(C2CCCN2C(=O)NC(c2ccc(OC)cc2)c2nccn2C)cc1. The van der Waals surface area contributed by atoms with E-state index in [-0.39, 0.29) is 18.1 Å². The number of nitrogens with zero attached hydrogens (tertiary/aromatic N) is 3. The second-order valence-electron chi connectivity index (χ2n) is 7.91. The maximum absolute atomic E-state index is 13.4. The lowest BCUT2D eigenvalue weighted by molar-refractivity contribution is 0.190. The van der Waals surface area contributed by atoms with Gasteiger partial charge in [-0.25, -0.2) is 9.78 Å². The number of carbonyl (C=O) groups is 1. The van der Waals surface area contributed by atoms with Gasteiger partial charge in [-0.05, 0) is 55.2 Å². The van der Waals surface area contributed by atoms with Gasteiger partial charge in [0.2, 0.25) is 0 Å². The number of carbonyl (C=O) groups excluding carboxylic acids is 1. The van der Waals surface area contributed by atoms with Crippen LogP contribution in [0.15, 0.2) is 60.9 Å². The zero-order valence-electron chi connectivity index (χ0n) is 18.8. The Labute approximate surface area is 189 Å². The highest BCUT2D eigenvalue weighted by Crippen LogP contribution is 2.33. The molecule has 32 heavy (non-hydrogen) atoms. The Kier molecular flexibility index (Phi) is 6.63. The fraction of sp³-hybridized carbons (Fsp3) is 0.360. The van der Waals surface area contributed by atoms with Crippen LogP contribution in [0.3, 0.4) is 0 Å². The molecule has 1 aliphatic rings. The highest BCUT2D eigenvalue weighted by Gasteiger charge is 2.32. The van der Waals surface area contributed by atoms with Crippen LogP contribution in [0.5, 0.6) is 11.5 Å². The fourth-order valence-corrected chi connectivity index (χ4v) is 4.26. The molecule has 0 bridgehead atoms. The molecule has 0 saturated carbocycles. The molecule has 2 aromatic carbocycles. The lowest BCUT2D eigenvalue weighted by Gasteiger charge is -2.28. The molecule has 7 nitrogen and oxygen atoms in total. The summed E-state index contributed by atoms with van der Waals surface area (Å²) in [7, 11) is 3.57. The van der Waals surface area contributed by atoms with Gasteiger partial charge in [0.05, 0.1) is 19.8 Å². The van der Waals surface area contributed by atoms with E-state index in [0.717, 1.165) is 47.8 Å². The second kappa shape index (κ2) is 9.77. The number of amides is 2. The standard InChI is InChI=1S/C25H30N4O3/c1-4-32-21-13-7-18(8-14-21)22-6-5-16-29(22)25(30)27-23(24-26-15-17-28(24)2)19-9-11-20(31-3)12-10-19/h7-15,17,22-23H,4-6,16H2,1-3H3,(H,27,30). The number of methoxy groups -OCH3 is 1. The normalized spacial score (nSPS) is 16.6. The summed E-state index contributed by atoms with van der Waals surface area (Å²) in [5.74, 6) is 2.40. The summed E-state index contributed by atoms with van der Waals surface area (Å²) in [5, 5.41) is 3.23. The summed E-state index contributed by atoms with van der Waals surface area (Å²) in [4.78, 5) is 19.9. The second-order valence-corrected chi connectivity index (χ2v) is 7.91. The Balaban J connectivity index is 1.56. The number of hydrogen-bond acceptors (Lipinski definition) is 4. The van der Waals surface area contributed by atoms with Gasteiger partial charge in [-0.1, -0.05) is 24.3 Å². The summed E-state index contributed by atoms with van der Waals surface area (Å²) in [5.41, 5.74) is 2.07. The van der Waals surface area contributed by atoms with Crippen molar-refractivity contribution in [1.29, 1.82) is 0 Å². The Morgan fingerprint density at radius 3 is 2.50 bits per heavy atom. The number of aryl methyl sites for hydroxylation is 1. The van der Waals surface area contributed by atoms with E-state index in [0.29, 0.717) is 6.61 Å². The molecule has 1 fully saturated rings. The number of hydrogen-bond donors (Lipinski definition) is 1. The van der Waals surface area contributed by atoms with E-state index < -0.39 is 0 Å². The first kappa shape index (κ1) is 21.7. The predicted octanol–water partition coefficient (Wildman–Crippen LogP) is 4.46. The van der Waals surface area contributed by atoms with Crippen molar-refractivity contribution in [3.63, 3.8) is 0 Å². The molecule has 2 unspecified atom stereocenters. The Hall–Kier alpha value is -3.48. The minimum absolute atomic E-state index is 0.0450. The Bertz CT molecular complexity index is 1030. The van der Waals surface area contributed by atoms with Gasteiger partial charge in [-0.15, -0.1) is 0 Å². The van der Waals surface area contributed by atoms with Crippen LogP contribution in [0.4, 0.5) is 4.79 Å². The quantitative estimate of drug-likeness (QED) is 0.596. The van der Waals surface area contributed by atoms with Crippen LogP contribution in [0.25, 0.3) is 0 Å². The van der Waals surface area contributed by atoms with Crippen LogP contribution in [0.2, 0.25) is 0 Å². The van der Waals surface area contributed by atoms with E-state index in [2.05, 4.69) is 22.4 Å². The summed E-state index contributed by atoms with van der Waals surface area (Å²) in [6, 6.07) is 15.4. The van der Waals surface area contributed by atoms with Gasteiger partial charge >= 0.3 is 6.03 Å². The maximum atomic E-state index is 13.4. The van der Waals surface area contributed by atoms with Crippen molar-refractivity contribution < 1.29 is 14.3 Å². The zero-order valence-corrected chi connectivity index (χ0v) is 18.8. The molecule has 2 amide bonds. The minimum Gasteiger partial charge on any atom is -0.497 e. The third-order valence-corrected chi connectivity index (χ3v) is 5.92. The topological polar surface area (TPSA) is 68.6 Å². The zero-order chi connectivity index (χ0) is 22.5. The van der Waals surface area contributed by atoms with Crippen LogP contribution in [0, 0.1) is 0 Å². The Morgan fingerprint density at radius 1 is 1.16 bits per heavy atom. The number of ether oxygens (including phenoxy) is 2. The number of benzene rings is 2. The van der Waals surface area contributed by atoms with E-state index >= 15 is 0 Å². The number of aromatic nitrogens is 2. The van der Waals surface area contributed by atoms with Gasteiger partial charge in [-0.3, -0.25) is 0 Å². The molecule has 2 heterocycles. The first-order chi connectivity index (χ1) is 15.6. The van der Waals surface area contributed by atoms with Crippen molar-refractivity contribution in [2.75, 3.05) is 20.3 Å². The predicted molar refractivity (Wildman–Crippen MR) is 123 cm³/mol. The molecule has 7 heteroatoms. The highest BCUT2D eigenvalue weighted by molar-refractivity contribution is 5.76. The van der Waals surface area contributed by atoms with Crippen LogP contribution < -0.4 is 14.8 Å². The molecule has 3 aromatic rings. The first-order valence-corrected chi connectivity index (χ1v) is 11.0. The molecule has 1 aromatic heterocycles. The number of urea groups is 1. The molecule has 168 valence electrons. The lowest BCUT2D eigenvalue weighted by Crippen LogP contribution is -2.42. The molecule has 0 spiro atoms. The van der Waals surface area contributed by atoms with Crippen molar-refractivity contribution in [3.8, 4) is 11.5 Å². The van der Waals surface area contributed by atoms with Crippen LogP contribution in [0.1, 0.15) is 48.8 Å². The summed E-state index contributed by atoms with van der Waals surface area (Å²) >= 11 is 0. The molecule has 1 N–H and O–H groups in total. The van der Waals surface area contributed by atoms with Gasteiger partial charge in [-0.2, -0.15) is 0 Å². The summed E-state index contributed by atoms with van der Waals surface area (Å²) in [6.45, 7) is 3.33. The average molecular weight is 435 g/mol. The van der Waals surface area contributed by atoms with E-state index in [9.17, 15) is 4.79 Å². The van der Waals surface area contributed by atoms with E-state index in [4.69, 9.17) is 9.47 Å². The van der Waals surface area contributed by atoms with Crippen molar-refractivity contribution in [1.82, 2.24) is 19.8 Å². The number of imidazole rings is 1. The number of likely N-dealkylation sites (tertiary alicyclic amines) is 1. The number of rotatable bonds is 7. The van der Waals surface area contributed by atoms with E-state index in [1.807, 2.05) is 66.0 Å². The van der Waals surface area contributed by atoms with Crippen molar-refractivity contribution in [3.05, 3.63) is 77.9 Å². The van der Waals surface area contributed by atoms with Crippen LogP contribution >= 0.6 is 0 Å². The molecular formula is C25H30N4O3. The van der Waals surface area contributed by atoms with Crippen molar-refractivity contribution in [2.45, 2.75) is 31.8 Å². The maximum Gasteiger partial charge on any atom is 0.318 e. The van der Waals surface area contributed by atoms with Gasteiger partial charge in [0.15, 0.2) is 0 Å². The van der Waals surface area contributed by atoms with E-state index in [1.165, 1.54) is 0 Å². The molecule has 1 aliphatic heterocycles. The van der Waals surface area contributed by atoms with Crippen LogP contribution in [-0.4, -0.2) is 40.7 Å². The molecule has 2 atom stereocenters. The fourth-order valence-electron chi connectivity index (χ4n) is 4.26. The van der Waals surface area contributed by atoms with Gasteiger partial charge < -0.3 is 24.3 Å². The highest BCUT2D eigenvalue weighted by atomic mass is 16.5. The smallest absolute Gasteiger partial charge is 0.318 e. The molecule has 4 rings (SSSR count).